The number of carbonyl (C=O) groups is 2. The van der Waals surface area contributed by atoms with Crippen LogP contribution in [0.2, 0.25) is 0 Å². The molecule has 0 fully saturated rings. The van der Waals surface area contributed by atoms with Gasteiger partial charge < -0.3 is 0 Å². The lowest BCUT2D eigenvalue weighted by Crippen LogP contribution is -2.28. The highest BCUT2D eigenvalue weighted by atomic mass is 32.2. The third-order valence-corrected chi connectivity index (χ3v) is 4.31. The van der Waals surface area contributed by atoms with Crippen molar-refractivity contribution in [1.29, 1.82) is 5.26 Å². The van der Waals surface area contributed by atoms with Gasteiger partial charge >= 0.3 is 0 Å². The van der Waals surface area contributed by atoms with Crippen molar-refractivity contribution >= 4 is 21.9 Å². The number of benzene rings is 1. The maximum absolute atomic E-state index is 12.3. The smallest absolute Gasteiger partial charge is 0.270 e. The van der Waals surface area contributed by atoms with E-state index in [9.17, 15) is 18.0 Å². The summed E-state index contributed by atoms with van der Waals surface area (Å²) in [5, 5.41) is 8.97. The van der Waals surface area contributed by atoms with Crippen molar-refractivity contribution in [3.05, 3.63) is 41.1 Å². The van der Waals surface area contributed by atoms with E-state index in [1.165, 1.54) is 31.2 Å². The molecule has 0 atom stereocenters. The molecule has 7 nitrogen and oxygen atoms in total. The normalized spacial score (nSPS) is 15.1. The maximum Gasteiger partial charge on any atom is 0.297 e. The molecule has 0 unspecified atom stereocenters. The quantitative estimate of drug-likeness (QED) is 0.469. The predicted octanol–water partition coefficient (Wildman–Crippen LogP) is 1.05. The fourth-order valence-electron chi connectivity index (χ4n) is 2.01. The number of hydrogen-bond acceptors (Lipinski definition) is 6. The van der Waals surface area contributed by atoms with Crippen LogP contribution in [0, 0.1) is 11.3 Å². The average molecular weight is 306 g/mol. The maximum atomic E-state index is 12.3. The molecule has 0 bridgehead atoms. The minimum atomic E-state index is -4.14. The Morgan fingerprint density at radius 1 is 1.33 bits per heavy atom. The molecule has 1 aliphatic heterocycles. The van der Waals surface area contributed by atoms with Crippen LogP contribution in [0.1, 0.15) is 27.6 Å². The average Bonchev–Trinajstić information content (AvgIpc) is 2.74. The lowest BCUT2D eigenvalue weighted by atomic mass is 10.1. The fourth-order valence-corrected chi connectivity index (χ4v) is 2.89. The zero-order valence-corrected chi connectivity index (χ0v) is 12.0. The molecule has 1 aromatic carbocycles. The van der Waals surface area contributed by atoms with Crippen LogP contribution < -0.4 is 0 Å². The van der Waals surface area contributed by atoms with Crippen LogP contribution in [0.15, 0.2) is 34.9 Å². The van der Waals surface area contributed by atoms with Gasteiger partial charge in [0, 0.05) is 0 Å². The molecule has 0 N–H and O–H groups in total. The number of carbonyl (C=O) groups excluding carboxylic acids is 2. The number of hydrogen-bond donors (Lipinski definition) is 0. The van der Waals surface area contributed by atoms with Crippen LogP contribution in [0.5, 0.6) is 0 Å². The molecular weight excluding hydrogens is 296 g/mol. The Balaban J connectivity index is 2.73. The van der Waals surface area contributed by atoms with E-state index in [1.54, 1.807) is 6.07 Å². The number of amides is 2. The van der Waals surface area contributed by atoms with E-state index < -0.39 is 26.8 Å². The second kappa shape index (κ2) is 5.12. The number of fused-ring (bicyclic) bond motifs is 1. The molecule has 2 amide bonds. The number of imide groups is 1. The van der Waals surface area contributed by atoms with Gasteiger partial charge in [-0.2, -0.15) is 13.7 Å². The van der Waals surface area contributed by atoms with Crippen molar-refractivity contribution in [2.75, 3.05) is 7.11 Å². The largest absolute Gasteiger partial charge is 0.297 e. The number of nitriles is 1. The second-order valence-corrected chi connectivity index (χ2v) is 5.71. The zero-order chi connectivity index (χ0) is 15.8. The standard InChI is InChI=1S/C13H10N2O5S/c1-3-8(7-14)15-12(16)9-5-4-6-10(11(9)13(15)17)21(18,19)20-2/h3-6H,1-2H3/b8-3+. The predicted molar refractivity (Wildman–Crippen MR) is 70.5 cm³/mol. The summed E-state index contributed by atoms with van der Waals surface area (Å²) in [5.74, 6) is -1.60. The molecule has 0 spiro atoms. The molecular formula is C13H10N2O5S. The summed E-state index contributed by atoms with van der Waals surface area (Å²) in [4.78, 5) is 24.8. The summed E-state index contributed by atoms with van der Waals surface area (Å²) in [6, 6.07) is 5.56. The van der Waals surface area contributed by atoms with E-state index in [2.05, 4.69) is 4.18 Å². The van der Waals surface area contributed by atoms with E-state index >= 15 is 0 Å². The molecule has 2 rings (SSSR count). The van der Waals surface area contributed by atoms with Crippen molar-refractivity contribution in [2.24, 2.45) is 0 Å². The van der Waals surface area contributed by atoms with Crippen LogP contribution >= 0.6 is 0 Å². The highest BCUT2D eigenvalue weighted by Gasteiger charge is 2.41. The topological polar surface area (TPSA) is 105 Å². The zero-order valence-electron chi connectivity index (χ0n) is 11.2. The summed E-state index contributed by atoms with van der Waals surface area (Å²) in [7, 11) is -3.19. The molecule has 1 aromatic rings. The van der Waals surface area contributed by atoms with Crippen molar-refractivity contribution < 1.29 is 22.2 Å². The Morgan fingerprint density at radius 2 is 2.00 bits per heavy atom. The van der Waals surface area contributed by atoms with Gasteiger partial charge in [0.1, 0.15) is 16.7 Å². The van der Waals surface area contributed by atoms with Gasteiger partial charge in [0.15, 0.2) is 0 Å². The molecule has 1 heterocycles. The Hall–Kier alpha value is -2.50. The van der Waals surface area contributed by atoms with Gasteiger partial charge in [-0.05, 0) is 19.1 Å². The van der Waals surface area contributed by atoms with Gasteiger partial charge in [0.05, 0.1) is 18.2 Å². The first-order chi connectivity index (χ1) is 9.88. The van der Waals surface area contributed by atoms with Crippen molar-refractivity contribution in [2.45, 2.75) is 11.8 Å². The van der Waals surface area contributed by atoms with Gasteiger partial charge in [-0.15, -0.1) is 0 Å². The SMILES string of the molecule is C/C=C(\C#N)N1C(=O)c2cccc(S(=O)(=O)OC)c2C1=O. The molecule has 0 aromatic heterocycles. The first-order valence-corrected chi connectivity index (χ1v) is 7.18. The van der Waals surface area contributed by atoms with Crippen LogP contribution in [0.25, 0.3) is 0 Å². The molecule has 1 aliphatic rings. The highest BCUT2D eigenvalue weighted by molar-refractivity contribution is 7.86. The Bertz CT molecular complexity index is 817. The van der Waals surface area contributed by atoms with Crippen LogP contribution in [0.4, 0.5) is 0 Å². The van der Waals surface area contributed by atoms with E-state index in [4.69, 9.17) is 5.26 Å². The highest BCUT2D eigenvalue weighted by Crippen LogP contribution is 2.31. The van der Waals surface area contributed by atoms with Gasteiger partial charge in [-0.3, -0.25) is 13.8 Å². The Morgan fingerprint density at radius 3 is 2.52 bits per heavy atom. The molecule has 108 valence electrons. The molecule has 0 radical (unpaired) electrons. The molecule has 0 aliphatic carbocycles. The first kappa shape index (κ1) is 14.9. The number of allylic oxidation sites excluding steroid dienone is 2. The van der Waals surface area contributed by atoms with Crippen LogP contribution in [-0.4, -0.2) is 32.2 Å². The Labute approximate surface area is 121 Å². The van der Waals surface area contributed by atoms with Gasteiger partial charge in [-0.1, -0.05) is 12.1 Å². The minimum absolute atomic E-state index is 0.0762. The van der Waals surface area contributed by atoms with Crippen LogP contribution in [0.3, 0.4) is 0 Å². The monoisotopic (exact) mass is 306 g/mol. The second-order valence-electron chi connectivity index (χ2n) is 4.03. The minimum Gasteiger partial charge on any atom is -0.270 e. The molecule has 0 saturated heterocycles. The van der Waals surface area contributed by atoms with Gasteiger partial charge in [0.25, 0.3) is 21.9 Å². The third-order valence-electron chi connectivity index (χ3n) is 2.99. The van der Waals surface area contributed by atoms with Crippen molar-refractivity contribution in [3.8, 4) is 6.07 Å². The summed E-state index contributed by atoms with van der Waals surface area (Å²) in [5.41, 5.74) is -0.520. The van der Waals surface area contributed by atoms with Crippen molar-refractivity contribution in [1.82, 2.24) is 4.90 Å². The summed E-state index contributed by atoms with van der Waals surface area (Å²) >= 11 is 0. The lowest BCUT2D eigenvalue weighted by Gasteiger charge is -2.11. The summed E-state index contributed by atoms with van der Waals surface area (Å²) in [6.07, 6.45) is 1.30. The summed E-state index contributed by atoms with van der Waals surface area (Å²) < 4.78 is 28.1. The molecule has 8 heteroatoms. The molecule has 21 heavy (non-hydrogen) atoms. The summed E-state index contributed by atoms with van der Waals surface area (Å²) in [6.45, 7) is 1.49. The van der Waals surface area contributed by atoms with E-state index in [0.29, 0.717) is 4.90 Å². The van der Waals surface area contributed by atoms with E-state index in [0.717, 1.165) is 7.11 Å². The first-order valence-electron chi connectivity index (χ1n) is 5.78. The lowest BCUT2D eigenvalue weighted by molar-refractivity contribution is 0.0709. The van der Waals surface area contributed by atoms with E-state index in [-0.39, 0.29) is 16.8 Å². The Kier molecular flexibility index (Phi) is 3.63. The van der Waals surface area contributed by atoms with E-state index in [1.807, 2.05) is 0 Å². The van der Waals surface area contributed by atoms with Crippen LogP contribution in [-0.2, 0) is 14.3 Å². The third kappa shape index (κ3) is 2.12. The fraction of sp³-hybridized carbons (Fsp3) is 0.154. The molecule has 0 saturated carbocycles. The van der Waals surface area contributed by atoms with Crippen molar-refractivity contribution in [3.63, 3.8) is 0 Å². The van der Waals surface area contributed by atoms with Gasteiger partial charge in [-0.25, -0.2) is 4.90 Å². The van der Waals surface area contributed by atoms with Gasteiger partial charge in [0.2, 0.25) is 0 Å². The number of nitrogens with zero attached hydrogens (tertiary/aromatic N) is 2. The number of rotatable bonds is 3.